The number of rotatable bonds is 6. The van der Waals surface area contributed by atoms with E-state index in [9.17, 15) is 77.8 Å². The molecule has 0 heterocycles. The summed E-state index contributed by atoms with van der Waals surface area (Å²) in [5.41, 5.74) is 0. The fourth-order valence-electron chi connectivity index (χ4n) is 3.52. The van der Waals surface area contributed by atoms with Gasteiger partial charge in [-0.15, -0.1) is 0 Å². The Morgan fingerprint density at radius 3 is 0.328 bits per heavy atom. The fraction of sp³-hybridized carbons (Fsp3) is 0. The normalized spacial score (nSPS) is 11.1. The summed E-state index contributed by atoms with van der Waals surface area (Å²) in [6.07, 6.45) is 0. The third-order valence-electron chi connectivity index (χ3n) is 6.19. The largest absolute Gasteiger partial charge is 6.00 e. The molecule has 0 aliphatic rings. The van der Waals surface area contributed by atoms with Gasteiger partial charge >= 0.3 is 21.1 Å². The van der Waals surface area contributed by atoms with Crippen molar-refractivity contribution in [2.45, 2.75) is 29.4 Å². The van der Waals surface area contributed by atoms with Crippen LogP contribution in [0.15, 0.2) is 211 Å². The van der Waals surface area contributed by atoms with Gasteiger partial charge in [-0.25, -0.2) is 50.5 Å². The van der Waals surface area contributed by atoms with Gasteiger partial charge in [0.15, 0.2) is 0 Å². The molecule has 18 nitrogen and oxygen atoms in total. The van der Waals surface area contributed by atoms with E-state index in [-0.39, 0.29) is 50.4 Å². The average molecular weight is 1040 g/mol. The van der Waals surface area contributed by atoms with E-state index in [0.717, 1.165) is 0 Å². The topological polar surface area (TPSA) is 343 Å². The van der Waals surface area contributed by atoms with Crippen LogP contribution in [0.3, 0.4) is 0 Å². The van der Waals surface area contributed by atoms with Crippen LogP contribution >= 0.6 is 0 Å². The third kappa shape index (κ3) is 25.1. The van der Waals surface area contributed by atoms with Crippen LogP contribution in [0.4, 0.5) is 0 Å². The van der Waals surface area contributed by atoms with Crippen molar-refractivity contribution in [2.24, 2.45) is 0 Å². The van der Waals surface area contributed by atoms with Gasteiger partial charge < -0.3 is 27.3 Å². The van der Waals surface area contributed by atoms with Crippen molar-refractivity contribution < 1.29 is 98.9 Å². The van der Waals surface area contributed by atoms with Crippen molar-refractivity contribution in [1.82, 2.24) is 0 Å². The summed E-state index contributed by atoms with van der Waals surface area (Å²) in [5.74, 6) is 0. The van der Waals surface area contributed by atoms with Crippen molar-refractivity contribution in [3.05, 3.63) is 182 Å². The first-order valence-corrected chi connectivity index (χ1v) is 24.1. The molecule has 0 aliphatic carbocycles. The maximum atomic E-state index is 10.3. The van der Waals surface area contributed by atoms with Crippen LogP contribution in [0.25, 0.3) is 0 Å². The summed E-state index contributed by atoms with van der Waals surface area (Å²) in [6.45, 7) is 0. The molecule has 0 saturated heterocycles. The first kappa shape index (κ1) is 56.5. The van der Waals surface area contributed by atoms with E-state index < -0.39 is 60.7 Å². The third-order valence-corrected chi connectivity index (χ3v) is 11.3. The Bertz CT molecular complexity index is 2340. The molecule has 0 N–H and O–H groups in total. The Morgan fingerprint density at radius 2 is 0.279 bits per heavy atom. The van der Waals surface area contributed by atoms with Gasteiger partial charge in [0.25, 0.3) is 0 Å². The first-order valence-electron chi connectivity index (χ1n) is 15.7. The van der Waals surface area contributed by atoms with Crippen molar-refractivity contribution in [2.75, 3.05) is 0 Å². The molecule has 0 bridgehead atoms. The van der Waals surface area contributed by atoms with E-state index in [1.54, 1.807) is 36.4 Å². The Kier molecular flexibility index (Phi) is 24.1. The summed E-state index contributed by atoms with van der Waals surface area (Å²) in [4.78, 5) is -1.11. The Labute approximate surface area is 368 Å². The molecule has 0 radical (unpaired) electrons. The van der Waals surface area contributed by atoms with Crippen LogP contribution in [-0.2, 0) is 81.8 Å². The minimum absolute atomic E-state index is 0. The fourth-order valence-corrected chi connectivity index (χ4v) is 6.47. The van der Waals surface area contributed by atoms with Crippen LogP contribution in [0.1, 0.15) is 0 Å². The second-order valence-corrected chi connectivity index (χ2v) is 18.9. The minimum atomic E-state index is -4.25. The summed E-state index contributed by atoms with van der Waals surface area (Å²) >= 11 is 0. The van der Waals surface area contributed by atoms with Crippen molar-refractivity contribution in [1.29, 1.82) is 0 Å². The molecule has 0 aromatic heterocycles. The molecule has 6 aromatic carbocycles. The Morgan fingerprint density at radius 1 is 0.197 bits per heavy atom. The smallest absolute Gasteiger partial charge is 0.744 e. The van der Waals surface area contributed by atoms with Gasteiger partial charge in [0.2, 0.25) is 0 Å². The molecule has 25 heteroatoms. The second kappa shape index (κ2) is 26.1. The van der Waals surface area contributed by atoms with Gasteiger partial charge in [-0.05, 0) is 72.8 Å². The van der Waals surface area contributed by atoms with Gasteiger partial charge in [-0.2, -0.15) is 0 Å². The van der Waals surface area contributed by atoms with E-state index in [4.69, 9.17) is 0 Å². The molecule has 0 unspecified atom stereocenters. The summed E-state index contributed by atoms with van der Waals surface area (Å²) in [6, 6.07) is 43.1. The van der Waals surface area contributed by atoms with Crippen molar-refractivity contribution in [3.8, 4) is 0 Å². The molecule has 61 heavy (non-hydrogen) atoms. The van der Waals surface area contributed by atoms with Crippen LogP contribution in [-0.4, -0.2) is 77.8 Å². The van der Waals surface area contributed by atoms with E-state index >= 15 is 0 Å². The van der Waals surface area contributed by atoms with Gasteiger partial charge in [0.1, 0.15) is 60.7 Å². The molecule has 6 rings (SSSR count). The quantitative estimate of drug-likeness (QED) is 0.170. The zero-order valence-electron chi connectivity index (χ0n) is 30.5. The zero-order chi connectivity index (χ0) is 45.7. The maximum absolute atomic E-state index is 10.3. The van der Waals surface area contributed by atoms with Gasteiger partial charge in [-0.3, -0.25) is 0 Å². The maximum Gasteiger partial charge on any atom is 6.00 e. The Hall–Kier alpha value is -4.53. The van der Waals surface area contributed by atoms with Crippen LogP contribution < -0.4 is 0 Å². The Balaban J connectivity index is 0.000000706. The molecule has 324 valence electrons. The number of hydrogen-bond donors (Lipinski definition) is 0. The van der Waals surface area contributed by atoms with E-state index in [0.29, 0.717) is 0 Å². The standard InChI is InChI=1S/6C6H6O3S.Mo/c6*7-10(8,9)6-4-2-1-3-5-6;/h6*1-5H,(H,7,8,9);/q;;;;;;+6/p-6. The zero-order valence-corrected chi connectivity index (χ0v) is 37.4. The van der Waals surface area contributed by atoms with Gasteiger partial charge in [0, 0.05) is 0 Å². The summed E-state index contributed by atoms with van der Waals surface area (Å²) < 4.78 is 185. The molecule has 0 saturated carbocycles. The van der Waals surface area contributed by atoms with E-state index in [1.165, 1.54) is 146 Å². The van der Waals surface area contributed by atoms with Crippen LogP contribution in [0.5, 0.6) is 0 Å². The average Bonchev–Trinajstić information content (AvgIpc) is 3.19. The number of benzene rings is 6. The molecule has 0 spiro atoms. The SMILES string of the molecule is O=S(=O)([O-])c1ccccc1.O=S(=O)([O-])c1ccccc1.O=S(=O)([O-])c1ccccc1.O=S(=O)([O-])c1ccccc1.O=S(=O)([O-])c1ccccc1.O=S(=O)([O-])c1ccccc1.[Mo+6]. The first-order chi connectivity index (χ1) is 27.6. The van der Waals surface area contributed by atoms with Crippen molar-refractivity contribution >= 4 is 60.7 Å². The molecular formula is C36H30MoO18S6. The predicted molar refractivity (Wildman–Crippen MR) is 206 cm³/mol. The molecule has 0 fully saturated rings. The summed E-state index contributed by atoms with van der Waals surface area (Å²) in [5, 5.41) is 0. The van der Waals surface area contributed by atoms with Crippen molar-refractivity contribution in [3.63, 3.8) is 0 Å². The predicted octanol–water partition coefficient (Wildman–Crippen LogP) is 3.54. The summed E-state index contributed by atoms with van der Waals surface area (Å²) in [7, 11) is -25.5. The molecule has 0 amide bonds. The molecular weight excluding hydrogens is 1010 g/mol. The number of hydrogen-bond acceptors (Lipinski definition) is 18. The van der Waals surface area contributed by atoms with E-state index in [1.807, 2.05) is 0 Å². The molecule has 6 aromatic rings. The van der Waals surface area contributed by atoms with Gasteiger partial charge in [0.05, 0.1) is 29.4 Å². The van der Waals surface area contributed by atoms with Crippen LogP contribution in [0.2, 0.25) is 0 Å². The van der Waals surface area contributed by atoms with E-state index in [2.05, 4.69) is 0 Å². The minimum Gasteiger partial charge on any atom is -0.744 e. The monoisotopic (exact) mass is 1040 g/mol. The second-order valence-electron chi connectivity index (χ2n) is 10.6. The van der Waals surface area contributed by atoms with Crippen LogP contribution in [0, 0.1) is 0 Å². The molecule has 0 atom stereocenters. The van der Waals surface area contributed by atoms with Gasteiger partial charge in [-0.1, -0.05) is 109 Å². The molecule has 0 aliphatic heterocycles.